The van der Waals surface area contributed by atoms with E-state index in [0.29, 0.717) is 12.2 Å². The van der Waals surface area contributed by atoms with Crippen LogP contribution in [0.5, 0.6) is 0 Å². The molecular formula is C13H15F4NO. The van der Waals surface area contributed by atoms with E-state index in [1.54, 1.807) is 7.05 Å². The van der Waals surface area contributed by atoms with Gasteiger partial charge in [-0.25, -0.2) is 4.39 Å². The quantitative estimate of drug-likeness (QED) is 0.856. The summed E-state index contributed by atoms with van der Waals surface area (Å²) in [5.41, 5.74) is -0.765. The fourth-order valence-corrected chi connectivity index (χ4v) is 2.39. The van der Waals surface area contributed by atoms with Crippen LogP contribution in [0.15, 0.2) is 18.2 Å². The van der Waals surface area contributed by atoms with Crippen LogP contribution in [0.3, 0.4) is 0 Å². The zero-order chi connectivity index (χ0) is 14.0. The first-order chi connectivity index (χ1) is 8.93. The molecule has 2 rings (SSSR count). The van der Waals surface area contributed by atoms with Crippen LogP contribution < -0.4 is 5.32 Å². The zero-order valence-corrected chi connectivity index (χ0v) is 10.4. The van der Waals surface area contributed by atoms with Gasteiger partial charge in [0, 0.05) is 6.61 Å². The molecule has 1 N–H and O–H groups in total. The maximum absolute atomic E-state index is 13.5. The smallest absolute Gasteiger partial charge is 0.376 e. The second-order valence-electron chi connectivity index (χ2n) is 4.55. The molecule has 1 heterocycles. The molecule has 0 amide bonds. The van der Waals surface area contributed by atoms with Crippen molar-refractivity contribution in [3.05, 3.63) is 35.1 Å². The first-order valence-electron chi connectivity index (χ1n) is 6.09. The number of nitrogens with one attached hydrogen (secondary N) is 1. The van der Waals surface area contributed by atoms with E-state index >= 15 is 0 Å². The summed E-state index contributed by atoms with van der Waals surface area (Å²) in [6.07, 6.45) is -3.07. The molecule has 1 aliphatic heterocycles. The summed E-state index contributed by atoms with van der Waals surface area (Å²) in [6, 6.07) is 2.73. The van der Waals surface area contributed by atoms with E-state index in [4.69, 9.17) is 4.74 Å². The van der Waals surface area contributed by atoms with Crippen molar-refractivity contribution in [3.63, 3.8) is 0 Å². The lowest BCUT2D eigenvalue weighted by atomic mass is 9.98. The topological polar surface area (TPSA) is 21.3 Å². The van der Waals surface area contributed by atoms with E-state index in [1.807, 2.05) is 0 Å². The summed E-state index contributed by atoms with van der Waals surface area (Å²) in [6.45, 7) is 0.631. The summed E-state index contributed by atoms with van der Waals surface area (Å²) in [5.74, 6) is -1.25. The summed E-state index contributed by atoms with van der Waals surface area (Å²) < 4.78 is 56.5. The van der Waals surface area contributed by atoms with E-state index in [0.717, 1.165) is 25.0 Å². The lowest BCUT2D eigenvalue weighted by Crippen LogP contribution is -2.29. The van der Waals surface area contributed by atoms with Crippen molar-refractivity contribution in [2.45, 2.75) is 31.2 Å². The van der Waals surface area contributed by atoms with Gasteiger partial charge in [-0.1, -0.05) is 6.07 Å². The Hall–Kier alpha value is -1.14. The maximum Gasteiger partial charge on any atom is 0.419 e. The van der Waals surface area contributed by atoms with Gasteiger partial charge in [0.25, 0.3) is 0 Å². The molecule has 0 bridgehead atoms. The number of likely N-dealkylation sites (N-methyl/N-ethyl adjacent to an activating group) is 1. The molecular weight excluding hydrogens is 262 g/mol. The van der Waals surface area contributed by atoms with E-state index in [2.05, 4.69) is 5.32 Å². The van der Waals surface area contributed by atoms with Crippen molar-refractivity contribution < 1.29 is 22.3 Å². The summed E-state index contributed by atoms with van der Waals surface area (Å²) >= 11 is 0. The van der Waals surface area contributed by atoms with Crippen LogP contribution in [0.2, 0.25) is 0 Å². The van der Waals surface area contributed by atoms with Gasteiger partial charge in [-0.15, -0.1) is 0 Å². The molecule has 106 valence electrons. The average molecular weight is 277 g/mol. The number of benzene rings is 1. The second-order valence-corrected chi connectivity index (χ2v) is 4.55. The Balaban J connectivity index is 2.27. The highest BCUT2D eigenvalue weighted by molar-refractivity contribution is 5.29. The molecule has 2 atom stereocenters. The Morgan fingerprint density at radius 1 is 1.37 bits per heavy atom. The van der Waals surface area contributed by atoms with Gasteiger partial charge in [0.05, 0.1) is 17.7 Å². The average Bonchev–Trinajstić information content (AvgIpc) is 2.82. The summed E-state index contributed by atoms with van der Waals surface area (Å²) in [5, 5.41) is 2.97. The fourth-order valence-electron chi connectivity index (χ4n) is 2.39. The number of halogens is 4. The van der Waals surface area contributed by atoms with Crippen molar-refractivity contribution in [2.24, 2.45) is 0 Å². The number of ether oxygens (including phenoxy) is 1. The van der Waals surface area contributed by atoms with Crippen molar-refractivity contribution in [3.8, 4) is 0 Å². The highest BCUT2D eigenvalue weighted by Gasteiger charge is 2.35. The molecule has 0 spiro atoms. The highest BCUT2D eigenvalue weighted by Crippen LogP contribution is 2.34. The van der Waals surface area contributed by atoms with Crippen LogP contribution >= 0.6 is 0 Å². The first kappa shape index (κ1) is 14.3. The molecule has 1 aromatic carbocycles. The Labute approximate surface area is 108 Å². The SMILES string of the molecule is CNC(c1ccc(C(F)(F)F)c(F)c1)C1CCCO1. The van der Waals surface area contributed by atoms with Gasteiger partial charge in [0.1, 0.15) is 5.82 Å². The Morgan fingerprint density at radius 3 is 2.58 bits per heavy atom. The molecule has 19 heavy (non-hydrogen) atoms. The Kier molecular flexibility index (Phi) is 4.10. The second kappa shape index (κ2) is 5.46. The molecule has 2 nitrogen and oxygen atoms in total. The minimum absolute atomic E-state index is 0.124. The van der Waals surface area contributed by atoms with E-state index in [-0.39, 0.29) is 12.1 Å². The van der Waals surface area contributed by atoms with Gasteiger partial charge in [-0.3, -0.25) is 0 Å². The van der Waals surface area contributed by atoms with Crippen molar-refractivity contribution in [2.75, 3.05) is 13.7 Å². The molecule has 2 unspecified atom stereocenters. The third kappa shape index (κ3) is 3.06. The lowest BCUT2D eigenvalue weighted by Gasteiger charge is -2.23. The molecule has 1 fully saturated rings. The maximum atomic E-state index is 13.5. The minimum Gasteiger partial charge on any atom is -0.376 e. The van der Waals surface area contributed by atoms with Crippen LogP contribution in [-0.4, -0.2) is 19.8 Å². The Morgan fingerprint density at radius 2 is 2.11 bits per heavy atom. The highest BCUT2D eigenvalue weighted by atomic mass is 19.4. The summed E-state index contributed by atoms with van der Waals surface area (Å²) in [7, 11) is 1.68. The number of hydrogen-bond donors (Lipinski definition) is 1. The molecule has 0 aliphatic carbocycles. The lowest BCUT2D eigenvalue weighted by molar-refractivity contribution is -0.140. The van der Waals surface area contributed by atoms with Gasteiger partial charge in [-0.2, -0.15) is 13.2 Å². The number of rotatable bonds is 3. The van der Waals surface area contributed by atoms with Crippen LogP contribution in [0.1, 0.15) is 30.0 Å². The van der Waals surface area contributed by atoms with Crippen LogP contribution in [-0.2, 0) is 10.9 Å². The van der Waals surface area contributed by atoms with E-state index < -0.39 is 17.6 Å². The zero-order valence-electron chi connectivity index (χ0n) is 10.4. The van der Waals surface area contributed by atoms with E-state index in [9.17, 15) is 17.6 Å². The van der Waals surface area contributed by atoms with Crippen LogP contribution in [0.25, 0.3) is 0 Å². The molecule has 1 aromatic rings. The van der Waals surface area contributed by atoms with Crippen LogP contribution in [0, 0.1) is 5.82 Å². The van der Waals surface area contributed by atoms with Gasteiger partial charge >= 0.3 is 6.18 Å². The molecule has 1 aliphatic rings. The normalized spacial score (nSPS) is 21.6. The fraction of sp³-hybridized carbons (Fsp3) is 0.538. The molecule has 6 heteroatoms. The third-order valence-corrected chi connectivity index (χ3v) is 3.31. The molecule has 0 saturated carbocycles. The number of alkyl halides is 3. The van der Waals surface area contributed by atoms with Gasteiger partial charge in [-0.05, 0) is 37.6 Å². The third-order valence-electron chi connectivity index (χ3n) is 3.31. The molecule has 1 saturated heterocycles. The minimum atomic E-state index is -4.67. The van der Waals surface area contributed by atoms with Gasteiger partial charge < -0.3 is 10.1 Å². The predicted octanol–water partition coefficient (Wildman–Crippen LogP) is 3.28. The first-order valence-corrected chi connectivity index (χ1v) is 6.09. The van der Waals surface area contributed by atoms with Gasteiger partial charge in [0.15, 0.2) is 0 Å². The van der Waals surface area contributed by atoms with Gasteiger partial charge in [0.2, 0.25) is 0 Å². The molecule has 0 radical (unpaired) electrons. The van der Waals surface area contributed by atoms with Crippen molar-refractivity contribution >= 4 is 0 Å². The summed E-state index contributed by atoms with van der Waals surface area (Å²) in [4.78, 5) is 0. The molecule has 0 aromatic heterocycles. The number of hydrogen-bond acceptors (Lipinski definition) is 2. The van der Waals surface area contributed by atoms with Crippen LogP contribution in [0.4, 0.5) is 17.6 Å². The monoisotopic (exact) mass is 277 g/mol. The van der Waals surface area contributed by atoms with Crippen molar-refractivity contribution in [1.29, 1.82) is 0 Å². The predicted molar refractivity (Wildman–Crippen MR) is 62.2 cm³/mol. The van der Waals surface area contributed by atoms with Crippen molar-refractivity contribution in [1.82, 2.24) is 5.32 Å². The Bertz CT molecular complexity index is 441. The standard InChI is InChI=1S/C13H15F4NO/c1-18-12(11-3-2-6-19-11)8-4-5-9(10(14)7-8)13(15,16)17/h4-5,7,11-12,18H,2-3,6H2,1H3. The van der Waals surface area contributed by atoms with E-state index in [1.165, 1.54) is 6.07 Å². The largest absolute Gasteiger partial charge is 0.419 e.